The van der Waals surface area contributed by atoms with Gasteiger partial charge in [-0.2, -0.15) is 0 Å². The van der Waals surface area contributed by atoms with E-state index in [1.54, 1.807) is 18.2 Å². The Hall–Kier alpha value is -1.36. The molecular weight excluding hydrogens is 346 g/mol. The minimum Gasteiger partial charge on any atom is -0.468 e. The molecule has 5 heteroatoms. The van der Waals surface area contributed by atoms with Gasteiger partial charge in [0.25, 0.3) is 5.91 Å². The van der Waals surface area contributed by atoms with Crippen LogP contribution in [0.15, 0.2) is 22.7 Å². The van der Waals surface area contributed by atoms with Gasteiger partial charge in [-0.3, -0.25) is 9.59 Å². The topological polar surface area (TPSA) is 55.4 Å². The van der Waals surface area contributed by atoms with Crippen LogP contribution < -0.4 is 5.32 Å². The number of benzene rings is 1. The number of aryl methyl sites for hydroxylation is 1. The molecule has 0 saturated carbocycles. The van der Waals surface area contributed by atoms with E-state index in [0.717, 1.165) is 16.0 Å². The Labute approximate surface area is 142 Å². The van der Waals surface area contributed by atoms with E-state index in [1.807, 2.05) is 20.8 Å². The van der Waals surface area contributed by atoms with Gasteiger partial charge in [0.1, 0.15) is 6.54 Å². The zero-order chi connectivity index (χ0) is 17.7. The molecule has 1 N–H and O–H groups in total. The highest BCUT2D eigenvalue weighted by molar-refractivity contribution is 9.10. The van der Waals surface area contributed by atoms with Crippen LogP contribution >= 0.6 is 15.9 Å². The summed E-state index contributed by atoms with van der Waals surface area (Å²) in [5.41, 5.74) is 1.48. The van der Waals surface area contributed by atoms with E-state index in [9.17, 15) is 9.59 Å². The molecule has 0 unspecified atom stereocenters. The number of carbonyl (C=O) groups is 2. The highest BCUT2D eigenvalue weighted by atomic mass is 79.9. The summed E-state index contributed by atoms with van der Waals surface area (Å²) in [4.78, 5) is 22.4. The lowest BCUT2D eigenvalue weighted by molar-refractivity contribution is -0.139. The number of hydrogen-bond donors (Lipinski definition) is 1. The fourth-order valence-electron chi connectivity index (χ4n) is 1.11. The highest BCUT2D eigenvalue weighted by Crippen LogP contribution is 2.16. The quantitative estimate of drug-likeness (QED) is 0.801. The highest BCUT2D eigenvalue weighted by Gasteiger charge is 2.08. The average Bonchev–Trinajstić information content (AvgIpc) is 2.48. The minimum absolute atomic E-state index is 0.121. The van der Waals surface area contributed by atoms with Crippen molar-refractivity contribution in [2.75, 3.05) is 13.7 Å². The van der Waals surface area contributed by atoms with E-state index in [-0.39, 0.29) is 12.5 Å². The van der Waals surface area contributed by atoms with Crippen LogP contribution in [0.4, 0.5) is 0 Å². The van der Waals surface area contributed by atoms with Gasteiger partial charge in [0.2, 0.25) is 0 Å². The number of halogens is 1. The lowest BCUT2D eigenvalue weighted by atomic mass is 10.1. The lowest BCUT2D eigenvalue weighted by Gasteiger charge is -2.05. The van der Waals surface area contributed by atoms with Gasteiger partial charge in [-0.05, 0) is 36.6 Å². The van der Waals surface area contributed by atoms with Crippen molar-refractivity contribution < 1.29 is 14.3 Å². The van der Waals surface area contributed by atoms with Crippen LogP contribution in [0.25, 0.3) is 0 Å². The van der Waals surface area contributed by atoms with Gasteiger partial charge in [-0.15, -0.1) is 0 Å². The molecule has 1 amide bonds. The lowest BCUT2D eigenvalue weighted by Crippen LogP contribution is -2.30. The van der Waals surface area contributed by atoms with Crippen LogP contribution in [0.1, 0.15) is 50.5 Å². The molecule has 1 aromatic carbocycles. The number of esters is 1. The van der Waals surface area contributed by atoms with Gasteiger partial charge in [-0.25, -0.2) is 0 Å². The number of nitrogens with one attached hydrogen (secondary N) is 1. The van der Waals surface area contributed by atoms with Crippen LogP contribution in [-0.2, 0) is 9.53 Å². The van der Waals surface area contributed by atoms with E-state index in [4.69, 9.17) is 0 Å². The Morgan fingerprint density at radius 3 is 2.14 bits per heavy atom. The Morgan fingerprint density at radius 2 is 1.73 bits per heavy atom. The smallest absolute Gasteiger partial charge is 0.325 e. The van der Waals surface area contributed by atoms with Gasteiger partial charge in [0.05, 0.1) is 7.11 Å². The van der Waals surface area contributed by atoms with Gasteiger partial charge >= 0.3 is 5.97 Å². The molecule has 0 fully saturated rings. The summed E-state index contributed by atoms with van der Waals surface area (Å²) in [6.45, 7) is 12.3. The molecule has 1 aromatic rings. The maximum atomic E-state index is 11.6. The van der Waals surface area contributed by atoms with Crippen molar-refractivity contribution in [3.8, 4) is 0 Å². The molecular formula is C17H28BrNO3. The summed E-state index contributed by atoms with van der Waals surface area (Å²) in [5, 5.41) is 2.47. The second-order valence-corrected chi connectivity index (χ2v) is 5.81. The third-order valence-corrected chi connectivity index (χ3v) is 2.93. The van der Waals surface area contributed by atoms with Crippen molar-refractivity contribution in [2.45, 2.75) is 41.5 Å². The molecule has 22 heavy (non-hydrogen) atoms. The molecule has 126 valence electrons. The summed E-state index contributed by atoms with van der Waals surface area (Å²) in [6, 6.07) is 5.22. The van der Waals surface area contributed by atoms with Crippen LogP contribution in [-0.4, -0.2) is 25.5 Å². The molecule has 0 aliphatic rings. The van der Waals surface area contributed by atoms with Crippen molar-refractivity contribution in [3.05, 3.63) is 33.8 Å². The first-order valence-corrected chi connectivity index (χ1v) is 8.18. The number of carbonyl (C=O) groups excluding carboxylic acids is 2. The Morgan fingerprint density at radius 1 is 1.23 bits per heavy atom. The zero-order valence-corrected chi connectivity index (χ0v) is 16.2. The molecule has 0 spiro atoms. The maximum absolute atomic E-state index is 11.6. The molecule has 0 aliphatic heterocycles. The van der Waals surface area contributed by atoms with Crippen LogP contribution in [0.3, 0.4) is 0 Å². The van der Waals surface area contributed by atoms with Gasteiger partial charge in [-0.1, -0.05) is 50.5 Å². The van der Waals surface area contributed by atoms with Gasteiger partial charge < -0.3 is 10.1 Å². The van der Waals surface area contributed by atoms with Crippen LogP contribution in [0.2, 0.25) is 0 Å². The van der Waals surface area contributed by atoms with E-state index < -0.39 is 5.97 Å². The first kappa shape index (κ1) is 22.9. The standard InChI is InChI=1S/C11H12BrNO3.C4H10.C2H6/c1-7-5-8(3-4-9(7)12)11(15)13-6-10(14)16-2;1-4(2)3;1-2/h3-5H,6H2,1-2H3,(H,13,15);4H,1-3H3;1-2H3. The predicted molar refractivity (Wildman–Crippen MR) is 95.1 cm³/mol. The zero-order valence-electron chi connectivity index (χ0n) is 14.6. The monoisotopic (exact) mass is 373 g/mol. The largest absolute Gasteiger partial charge is 0.468 e. The van der Waals surface area contributed by atoms with Crippen molar-refractivity contribution >= 4 is 27.8 Å². The van der Waals surface area contributed by atoms with Crippen molar-refractivity contribution in [1.29, 1.82) is 0 Å². The molecule has 0 aromatic heterocycles. The molecule has 0 radical (unpaired) electrons. The van der Waals surface area contributed by atoms with Crippen molar-refractivity contribution in [2.24, 2.45) is 5.92 Å². The van der Waals surface area contributed by atoms with Crippen LogP contribution in [0, 0.1) is 12.8 Å². The second-order valence-electron chi connectivity index (χ2n) is 4.95. The summed E-state index contributed by atoms with van der Waals surface area (Å²) >= 11 is 3.35. The summed E-state index contributed by atoms with van der Waals surface area (Å²) in [6.07, 6.45) is 0. The number of methoxy groups -OCH3 is 1. The summed E-state index contributed by atoms with van der Waals surface area (Å²) < 4.78 is 5.36. The fraction of sp³-hybridized carbons (Fsp3) is 0.529. The molecule has 0 saturated heterocycles. The number of amides is 1. The minimum atomic E-state index is -0.470. The van der Waals surface area contributed by atoms with E-state index in [2.05, 4.69) is 46.8 Å². The molecule has 0 atom stereocenters. The summed E-state index contributed by atoms with van der Waals surface area (Å²) in [5.74, 6) is 0.0724. The van der Waals surface area contributed by atoms with Crippen molar-refractivity contribution in [1.82, 2.24) is 5.32 Å². The van der Waals surface area contributed by atoms with E-state index >= 15 is 0 Å². The van der Waals surface area contributed by atoms with E-state index in [1.165, 1.54) is 7.11 Å². The predicted octanol–water partition coefficient (Wildman–Crippen LogP) is 4.35. The molecule has 0 aliphatic carbocycles. The Kier molecular flexibility index (Phi) is 13.9. The first-order chi connectivity index (χ1) is 10.3. The normalized spacial score (nSPS) is 8.95. The average molecular weight is 374 g/mol. The molecule has 4 nitrogen and oxygen atoms in total. The van der Waals surface area contributed by atoms with E-state index in [0.29, 0.717) is 5.56 Å². The third-order valence-electron chi connectivity index (χ3n) is 2.04. The molecule has 0 heterocycles. The van der Waals surface area contributed by atoms with Gasteiger partial charge in [0.15, 0.2) is 0 Å². The summed E-state index contributed by atoms with van der Waals surface area (Å²) in [7, 11) is 1.28. The van der Waals surface area contributed by atoms with Crippen molar-refractivity contribution in [3.63, 3.8) is 0 Å². The maximum Gasteiger partial charge on any atom is 0.325 e. The van der Waals surface area contributed by atoms with Crippen LogP contribution in [0.5, 0.6) is 0 Å². The number of hydrogen-bond acceptors (Lipinski definition) is 3. The third kappa shape index (κ3) is 11.3. The Balaban J connectivity index is 0. The first-order valence-electron chi connectivity index (χ1n) is 7.39. The second kappa shape index (κ2) is 13.3. The van der Waals surface area contributed by atoms with Gasteiger partial charge in [0, 0.05) is 10.0 Å². The SMILES string of the molecule is CC.CC(C)C.COC(=O)CNC(=O)c1ccc(Br)c(C)c1. The number of ether oxygens (including phenoxy) is 1. The molecule has 1 rings (SSSR count). The number of rotatable bonds is 3. The molecule has 0 bridgehead atoms. The fourth-order valence-corrected chi connectivity index (χ4v) is 1.36. The Bertz CT molecular complexity index is 456.